The molecule has 0 saturated carbocycles. The van der Waals surface area contributed by atoms with Gasteiger partial charge in [-0.1, -0.05) is 13.8 Å². The highest BCUT2D eigenvalue weighted by Gasteiger charge is 2.25. The lowest BCUT2D eigenvalue weighted by Gasteiger charge is -2.37. The van der Waals surface area contributed by atoms with E-state index in [4.69, 9.17) is 4.74 Å². The van der Waals surface area contributed by atoms with Gasteiger partial charge in [0.05, 0.1) is 18.4 Å². The predicted octanol–water partition coefficient (Wildman–Crippen LogP) is 2.58. The van der Waals surface area contributed by atoms with E-state index in [-0.39, 0.29) is 18.0 Å². The van der Waals surface area contributed by atoms with Gasteiger partial charge < -0.3 is 15.0 Å². The third kappa shape index (κ3) is 4.64. The minimum atomic E-state index is -0.283. The maximum Gasteiger partial charge on any atom is 0.141 e. The molecule has 0 aliphatic carbocycles. The van der Waals surface area contributed by atoms with Gasteiger partial charge in [-0.15, -0.1) is 0 Å². The van der Waals surface area contributed by atoms with Crippen LogP contribution in [0, 0.1) is 11.7 Å². The molecule has 21 heavy (non-hydrogen) atoms. The van der Waals surface area contributed by atoms with Crippen molar-refractivity contribution in [2.75, 3.05) is 24.5 Å². The average molecular weight is 295 g/mol. The molecular formula is C16H26FN3O. The van der Waals surface area contributed by atoms with Crippen molar-refractivity contribution in [1.82, 2.24) is 10.3 Å². The van der Waals surface area contributed by atoms with Gasteiger partial charge in [-0.3, -0.25) is 0 Å². The van der Waals surface area contributed by atoms with Gasteiger partial charge in [0, 0.05) is 25.2 Å². The maximum absolute atomic E-state index is 13.5. The van der Waals surface area contributed by atoms with Crippen molar-refractivity contribution in [3.8, 4) is 0 Å². The highest BCUT2D eigenvalue weighted by Crippen LogP contribution is 2.23. The van der Waals surface area contributed by atoms with Crippen molar-refractivity contribution < 1.29 is 9.13 Å². The fourth-order valence-corrected chi connectivity index (χ4v) is 2.74. The Labute approximate surface area is 126 Å². The third-order valence-corrected chi connectivity index (χ3v) is 3.50. The second-order valence-corrected chi connectivity index (χ2v) is 6.32. The van der Waals surface area contributed by atoms with Crippen LogP contribution in [0.25, 0.3) is 0 Å². The van der Waals surface area contributed by atoms with Gasteiger partial charge in [-0.2, -0.15) is 0 Å². The van der Waals surface area contributed by atoms with Gasteiger partial charge in [0.2, 0.25) is 0 Å². The molecule has 1 aliphatic rings. The normalized spacial score (nSPS) is 22.9. The summed E-state index contributed by atoms with van der Waals surface area (Å²) < 4.78 is 19.3. The number of hydrogen-bond acceptors (Lipinski definition) is 4. The Morgan fingerprint density at radius 2 is 2.05 bits per heavy atom. The molecule has 1 N–H and O–H groups in total. The number of ether oxygens (including phenoxy) is 1. The van der Waals surface area contributed by atoms with E-state index in [2.05, 4.69) is 42.9 Å². The summed E-state index contributed by atoms with van der Waals surface area (Å²) in [6, 6.07) is 1.58. The Hall–Kier alpha value is -1.20. The summed E-state index contributed by atoms with van der Waals surface area (Å²) >= 11 is 0. The van der Waals surface area contributed by atoms with E-state index in [0.717, 1.165) is 31.0 Å². The smallest absolute Gasteiger partial charge is 0.141 e. The predicted molar refractivity (Wildman–Crippen MR) is 83.0 cm³/mol. The van der Waals surface area contributed by atoms with Crippen molar-refractivity contribution in [2.45, 2.75) is 46.4 Å². The molecule has 1 aliphatic heterocycles. The molecule has 2 unspecified atom stereocenters. The molecule has 2 atom stereocenters. The number of anilines is 1. The Kier molecular flexibility index (Phi) is 5.53. The van der Waals surface area contributed by atoms with Crippen molar-refractivity contribution in [1.29, 1.82) is 0 Å². The largest absolute Gasteiger partial charge is 0.372 e. The molecule has 1 saturated heterocycles. The van der Waals surface area contributed by atoms with Crippen molar-refractivity contribution in [3.05, 3.63) is 23.6 Å². The van der Waals surface area contributed by atoms with E-state index in [0.29, 0.717) is 12.5 Å². The van der Waals surface area contributed by atoms with E-state index in [1.807, 2.05) is 0 Å². The van der Waals surface area contributed by atoms with Crippen molar-refractivity contribution >= 4 is 5.82 Å². The molecule has 0 spiro atoms. The molecule has 118 valence electrons. The molecule has 4 nitrogen and oxygen atoms in total. The van der Waals surface area contributed by atoms with Gasteiger partial charge in [0.15, 0.2) is 0 Å². The van der Waals surface area contributed by atoms with Crippen LogP contribution in [0.2, 0.25) is 0 Å². The van der Waals surface area contributed by atoms with Crippen LogP contribution in [0.1, 0.15) is 33.3 Å². The van der Waals surface area contributed by atoms with Crippen LogP contribution in [-0.2, 0) is 11.3 Å². The van der Waals surface area contributed by atoms with Gasteiger partial charge in [-0.05, 0) is 32.4 Å². The maximum atomic E-state index is 13.5. The van der Waals surface area contributed by atoms with E-state index in [9.17, 15) is 4.39 Å². The lowest BCUT2D eigenvalue weighted by Crippen LogP contribution is -2.46. The summed E-state index contributed by atoms with van der Waals surface area (Å²) in [5, 5.41) is 3.37. The quantitative estimate of drug-likeness (QED) is 0.906. The first-order valence-corrected chi connectivity index (χ1v) is 7.71. The van der Waals surface area contributed by atoms with E-state index in [1.165, 1.54) is 6.20 Å². The number of nitrogens with zero attached hydrogens (tertiary/aromatic N) is 2. The van der Waals surface area contributed by atoms with Crippen LogP contribution >= 0.6 is 0 Å². The lowest BCUT2D eigenvalue weighted by atomic mass is 10.1. The summed E-state index contributed by atoms with van der Waals surface area (Å²) in [5.74, 6) is 1.16. The SMILES string of the molecule is CC(C)CNCc1cc(F)cnc1N1CC(C)OC(C)C1. The van der Waals surface area contributed by atoms with Crippen LogP contribution in [0.3, 0.4) is 0 Å². The van der Waals surface area contributed by atoms with Gasteiger partial charge in [0.1, 0.15) is 11.6 Å². The van der Waals surface area contributed by atoms with E-state index >= 15 is 0 Å². The van der Waals surface area contributed by atoms with Gasteiger partial charge in [0.25, 0.3) is 0 Å². The van der Waals surface area contributed by atoms with E-state index in [1.54, 1.807) is 6.07 Å². The zero-order valence-electron chi connectivity index (χ0n) is 13.4. The fraction of sp³-hybridized carbons (Fsp3) is 0.688. The number of pyridine rings is 1. The molecule has 0 bridgehead atoms. The summed E-state index contributed by atoms with van der Waals surface area (Å²) in [6.45, 7) is 11.6. The molecule has 1 aromatic heterocycles. The first-order chi connectivity index (χ1) is 9.95. The molecule has 0 amide bonds. The second kappa shape index (κ2) is 7.18. The average Bonchev–Trinajstić information content (AvgIpc) is 2.37. The number of aromatic nitrogens is 1. The summed E-state index contributed by atoms with van der Waals surface area (Å²) in [5.41, 5.74) is 0.914. The summed E-state index contributed by atoms with van der Waals surface area (Å²) in [4.78, 5) is 6.52. The van der Waals surface area contributed by atoms with Crippen molar-refractivity contribution in [3.63, 3.8) is 0 Å². The number of halogens is 1. The molecule has 0 aromatic carbocycles. The third-order valence-electron chi connectivity index (χ3n) is 3.50. The van der Waals surface area contributed by atoms with Crippen LogP contribution in [0.4, 0.5) is 10.2 Å². The molecule has 1 fully saturated rings. The standard InChI is InChI=1S/C16H26FN3O/c1-11(2)6-18-7-14-5-15(17)8-19-16(14)20-9-12(3)21-13(4)10-20/h5,8,11-13,18H,6-7,9-10H2,1-4H3. The Morgan fingerprint density at radius 1 is 1.38 bits per heavy atom. The monoisotopic (exact) mass is 295 g/mol. The summed E-state index contributed by atoms with van der Waals surface area (Å²) in [6.07, 6.45) is 1.63. The number of nitrogens with one attached hydrogen (secondary N) is 1. The van der Waals surface area contributed by atoms with E-state index < -0.39 is 0 Å². The van der Waals surface area contributed by atoms with Crippen molar-refractivity contribution in [2.24, 2.45) is 5.92 Å². The molecule has 2 rings (SSSR count). The fourth-order valence-electron chi connectivity index (χ4n) is 2.74. The molecular weight excluding hydrogens is 269 g/mol. The Bertz CT molecular complexity index is 457. The van der Waals surface area contributed by atoms with Crippen LogP contribution < -0.4 is 10.2 Å². The zero-order valence-corrected chi connectivity index (χ0v) is 13.4. The number of rotatable bonds is 5. The topological polar surface area (TPSA) is 37.4 Å². The van der Waals surface area contributed by atoms with Gasteiger partial charge in [-0.25, -0.2) is 9.37 Å². The molecule has 0 radical (unpaired) electrons. The number of hydrogen-bond donors (Lipinski definition) is 1. The molecule has 5 heteroatoms. The first kappa shape index (κ1) is 16.2. The summed E-state index contributed by atoms with van der Waals surface area (Å²) in [7, 11) is 0. The molecule has 2 heterocycles. The lowest BCUT2D eigenvalue weighted by molar-refractivity contribution is -0.00551. The van der Waals surface area contributed by atoms with Crippen LogP contribution in [-0.4, -0.2) is 36.8 Å². The molecule has 1 aromatic rings. The second-order valence-electron chi connectivity index (χ2n) is 6.32. The minimum absolute atomic E-state index is 0.164. The first-order valence-electron chi connectivity index (χ1n) is 7.71. The van der Waals surface area contributed by atoms with Crippen LogP contribution in [0.5, 0.6) is 0 Å². The Balaban J connectivity index is 2.13. The minimum Gasteiger partial charge on any atom is -0.372 e. The highest BCUT2D eigenvalue weighted by atomic mass is 19.1. The Morgan fingerprint density at radius 3 is 2.67 bits per heavy atom. The van der Waals surface area contributed by atoms with Crippen LogP contribution in [0.15, 0.2) is 12.3 Å². The zero-order chi connectivity index (χ0) is 15.4. The van der Waals surface area contributed by atoms with Gasteiger partial charge >= 0.3 is 0 Å². The number of morpholine rings is 1. The highest BCUT2D eigenvalue weighted by molar-refractivity contribution is 5.47.